The van der Waals surface area contributed by atoms with Crippen LogP contribution in [0.3, 0.4) is 0 Å². The molecule has 0 saturated heterocycles. The largest absolute Gasteiger partial charge is 0.489 e. The summed E-state index contributed by atoms with van der Waals surface area (Å²) in [5.41, 5.74) is 1.46. The fraction of sp³-hybridized carbons (Fsp3) is 0.571. The number of ether oxygens (including phenoxy) is 1. The maximum atomic E-state index is 6.00. The van der Waals surface area contributed by atoms with Gasteiger partial charge in [0.2, 0.25) is 0 Å². The summed E-state index contributed by atoms with van der Waals surface area (Å²) in [5.74, 6) is 2.74. The van der Waals surface area contributed by atoms with Gasteiger partial charge in [-0.2, -0.15) is 0 Å². The lowest BCUT2D eigenvalue weighted by Gasteiger charge is -2.30. The molecule has 0 N–H and O–H groups in total. The van der Waals surface area contributed by atoms with Gasteiger partial charge in [0.05, 0.1) is 0 Å². The Balaban J connectivity index is 1.89. The van der Waals surface area contributed by atoms with Gasteiger partial charge in [0.1, 0.15) is 11.9 Å². The predicted octanol–water partition coefficient (Wildman–Crippen LogP) is 3.74. The van der Waals surface area contributed by atoms with Crippen LogP contribution in [-0.2, 0) is 0 Å². The van der Waals surface area contributed by atoms with Crippen LogP contribution in [-0.4, -0.2) is 6.10 Å². The quantitative estimate of drug-likeness (QED) is 0.674. The lowest BCUT2D eigenvalue weighted by Crippen LogP contribution is -2.27. The summed E-state index contributed by atoms with van der Waals surface area (Å²) in [6, 6.07) is 8.58. The third-order valence-electron chi connectivity index (χ3n) is 4.07. The van der Waals surface area contributed by atoms with Crippen LogP contribution in [0, 0.1) is 5.92 Å². The molecule has 1 aliphatic carbocycles. The Labute approximate surface area is 91.5 Å². The second kappa shape index (κ2) is 3.55. The average molecular weight is 202 g/mol. The normalized spacial score (nSPS) is 33.0. The van der Waals surface area contributed by atoms with Gasteiger partial charge in [-0.1, -0.05) is 31.5 Å². The van der Waals surface area contributed by atoms with Crippen LogP contribution in [0.25, 0.3) is 0 Å². The number of benzene rings is 1. The van der Waals surface area contributed by atoms with Gasteiger partial charge in [-0.3, -0.25) is 0 Å². The summed E-state index contributed by atoms with van der Waals surface area (Å²) >= 11 is 0. The highest BCUT2D eigenvalue weighted by Crippen LogP contribution is 2.47. The molecule has 15 heavy (non-hydrogen) atoms. The van der Waals surface area contributed by atoms with Crippen LogP contribution in [0.1, 0.15) is 44.1 Å². The molecule has 3 atom stereocenters. The molecule has 0 radical (unpaired) electrons. The molecule has 1 saturated carbocycles. The van der Waals surface area contributed by atoms with Gasteiger partial charge < -0.3 is 4.74 Å². The van der Waals surface area contributed by atoms with Crippen molar-refractivity contribution in [1.82, 2.24) is 0 Å². The fourth-order valence-corrected chi connectivity index (χ4v) is 3.13. The Kier molecular flexibility index (Phi) is 2.19. The molecule has 3 rings (SSSR count). The van der Waals surface area contributed by atoms with Crippen molar-refractivity contribution < 1.29 is 4.74 Å². The van der Waals surface area contributed by atoms with Gasteiger partial charge in [-0.15, -0.1) is 0 Å². The summed E-state index contributed by atoms with van der Waals surface area (Å²) in [7, 11) is 0. The van der Waals surface area contributed by atoms with Crippen molar-refractivity contribution in [1.29, 1.82) is 0 Å². The van der Waals surface area contributed by atoms with E-state index < -0.39 is 0 Å². The highest BCUT2D eigenvalue weighted by atomic mass is 16.5. The van der Waals surface area contributed by atoms with Crippen molar-refractivity contribution in [3.8, 4) is 5.75 Å². The summed E-state index contributed by atoms with van der Waals surface area (Å²) < 4.78 is 6.00. The van der Waals surface area contributed by atoms with Crippen LogP contribution in [0.4, 0.5) is 0 Å². The molecule has 1 fully saturated rings. The minimum atomic E-state index is 0.477. The second-order valence-corrected chi connectivity index (χ2v) is 4.89. The molecule has 80 valence electrons. The zero-order chi connectivity index (χ0) is 10.3. The van der Waals surface area contributed by atoms with Crippen molar-refractivity contribution in [3.05, 3.63) is 29.8 Å². The summed E-state index contributed by atoms with van der Waals surface area (Å²) in [4.78, 5) is 0. The Morgan fingerprint density at radius 3 is 3.00 bits per heavy atom. The van der Waals surface area contributed by atoms with E-state index in [0.717, 1.165) is 11.7 Å². The number of rotatable bonds is 1. The molecule has 1 nitrogen and oxygen atoms in total. The Bertz CT molecular complexity index is 358. The van der Waals surface area contributed by atoms with E-state index in [-0.39, 0.29) is 0 Å². The van der Waals surface area contributed by atoms with Crippen LogP contribution in [0.5, 0.6) is 5.75 Å². The van der Waals surface area contributed by atoms with Crippen molar-refractivity contribution in [3.63, 3.8) is 0 Å². The van der Waals surface area contributed by atoms with E-state index in [2.05, 4.69) is 31.2 Å². The van der Waals surface area contributed by atoms with Crippen LogP contribution < -0.4 is 4.74 Å². The molecule has 1 aromatic rings. The van der Waals surface area contributed by atoms with E-state index in [9.17, 15) is 0 Å². The number of fused-ring (bicyclic) bond motifs is 3. The summed E-state index contributed by atoms with van der Waals surface area (Å²) in [5, 5.41) is 0. The first-order valence-corrected chi connectivity index (χ1v) is 6.14. The smallest absolute Gasteiger partial charge is 0.123 e. The van der Waals surface area contributed by atoms with Crippen molar-refractivity contribution in [2.24, 2.45) is 5.92 Å². The Morgan fingerprint density at radius 1 is 1.27 bits per heavy atom. The van der Waals surface area contributed by atoms with Gasteiger partial charge in [0.15, 0.2) is 0 Å². The molecular formula is C14H18O. The van der Waals surface area contributed by atoms with Gasteiger partial charge >= 0.3 is 0 Å². The molecule has 1 aromatic carbocycles. The molecular weight excluding hydrogens is 184 g/mol. The number of para-hydroxylation sites is 1. The van der Waals surface area contributed by atoms with Gasteiger partial charge in [0.25, 0.3) is 0 Å². The molecule has 2 aliphatic rings. The van der Waals surface area contributed by atoms with E-state index in [4.69, 9.17) is 4.74 Å². The predicted molar refractivity (Wildman–Crippen MR) is 61.2 cm³/mol. The Morgan fingerprint density at radius 2 is 2.13 bits per heavy atom. The van der Waals surface area contributed by atoms with E-state index in [1.165, 1.54) is 31.2 Å². The molecule has 0 spiro atoms. The van der Waals surface area contributed by atoms with Gasteiger partial charge in [-0.05, 0) is 31.2 Å². The molecule has 0 amide bonds. The maximum absolute atomic E-state index is 6.00. The van der Waals surface area contributed by atoms with E-state index >= 15 is 0 Å². The summed E-state index contributed by atoms with van der Waals surface area (Å²) in [6.07, 6.45) is 5.73. The van der Waals surface area contributed by atoms with Crippen LogP contribution in [0.2, 0.25) is 0 Å². The first-order chi connectivity index (χ1) is 7.38. The fourth-order valence-electron chi connectivity index (χ4n) is 3.13. The lowest BCUT2D eigenvalue weighted by atomic mass is 9.76. The third-order valence-corrected chi connectivity index (χ3v) is 4.07. The monoisotopic (exact) mass is 202 g/mol. The topological polar surface area (TPSA) is 9.23 Å². The highest BCUT2D eigenvalue weighted by molar-refractivity contribution is 5.41. The van der Waals surface area contributed by atoms with E-state index in [0.29, 0.717) is 12.0 Å². The van der Waals surface area contributed by atoms with Crippen LogP contribution in [0.15, 0.2) is 24.3 Å². The number of hydrogen-bond donors (Lipinski definition) is 0. The second-order valence-electron chi connectivity index (χ2n) is 4.89. The SMILES string of the molecule is CCC1CCC2Oc3ccccc3C2C1. The highest BCUT2D eigenvalue weighted by Gasteiger charge is 2.38. The maximum Gasteiger partial charge on any atom is 0.123 e. The van der Waals surface area contributed by atoms with Gasteiger partial charge in [0, 0.05) is 11.5 Å². The molecule has 3 unspecified atom stereocenters. The minimum Gasteiger partial charge on any atom is -0.489 e. The Hall–Kier alpha value is -0.980. The molecule has 1 heterocycles. The zero-order valence-electron chi connectivity index (χ0n) is 9.28. The van der Waals surface area contributed by atoms with Crippen molar-refractivity contribution in [2.45, 2.75) is 44.6 Å². The number of hydrogen-bond acceptors (Lipinski definition) is 1. The average Bonchev–Trinajstić information content (AvgIpc) is 2.66. The van der Waals surface area contributed by atoms with Gasteiger partial charge in [-0.25, -0.2) is 0 Å². The third kappa shape index (κ3) is 1.45. The minimum absolute atomic E-state index is 0.477. The molecule has 0 bridgehead atoms. The summed E-state index contributed by atoms with van der Waals surface area (Å²) in [6.45, 7) is 2.31. The van der Waals surface area contributed by atoms with Crippen LogP contribution >= 0.6 is 0 Å². The lowest BCUT2D eigenvalue weighted by molar-refractivity contribution is 0.135. The molecule has 1 heteroatoms. The van der Waals surface area contributed by atoms with Crippen molar-refractivity contribution >= 4 is 0 Å². The van der Waals surface area contributed by atoms with E-state index in [1.807, 2.05) is 0 Å². The molecule has 1 aliphatic heterocycles. The van der Waals surface area contributed by atoms with E-state index in [1.54, 1.807) is 0 Å². The zero-order valence-corrected chi connectivity index (χ0v) is 9.28. The standard InChI is InChI=1S/C14H18O/c1-2-10-7-8-14-12(9-10)11-5-3-4-6-13(11)15-14/h3-6,10,12,14H,2,7-9H2,1H3. The van der Waals surface area contributed by atoms with Crippen molar-refractivity contribution in [2.75, 3.05) is 0 Å². The first kappa shape index (κ1) is 9.26. The first-order valence-electron chi connectivity index (χ1n) is 6.14. The molecule has 0 aromatic heterocycles.